The number of carbonyl (C=O) groups excluding carboxylic acids is 1. The number of amides is 2. The Morgan fingerprint density at radius 2 is 1.85 bits per heavy atom. The average molecular weight is 358 g/mol. The largest absolute Gasteiger partial charge is 0.322 e. The Labute approximate surface area is 158 Å². The number of anilines is 1. The van der Waals surface area contributed by atoms with Crippen molar-refractivity contribution in [3.05, 3.63) is 77.0 Å². The molecule has 0 bridgehead atoms. The highest BCUT2D eigenvalue weighted by molar-refractivity contribution is 5.89. The van der Waals surface area contributed by atoms with E-state index in [2.05, 4.69) is 39.8 Å². The van der Waals surface area contributed by atoms with E-state index in [-0.39, 0.29) is 12.1 Å². The summed E-state index contributed by atoms with van der Waals surface area (Å²) in [5.74, 6) is 0.679. The van der Waals surface area contributed by atoms with E-state index >= 15 is 0 Å². The van der Waals surface area contributed by atoms with Gasteiger partial charge in [0.1, 0.15) is 6.04 Å². The van der Waals surface area contributed by atoms with Crippen molar-refractivity contribution in [3.63, 3.8) is 0 Å². The highest BCUT2D eigenvalue weighted by Crippen LogP contribution is 2.41. The molecule has 5 nitrogen and oxygen atoms in total. The van der Waals surface area contributed by atoms with Gasteiger partial charge in [-0.05, 0) is 42.0 Å². The fourth-order valence-corrected chi connectivity index (χ4v) is 3.90. The van der Waals surface area contributed by atoms with Crippen LogP contribution in [0.15, 0.2) is 76.1 Å². The van der Waals surface area contributed by atoms with Crippen LogP contribution in [0.4, 0.5) is 10.5 Å². The molecule has 1 aliphatic carbocycles. The van der Waals surface area contributed by atoms with Gasteiger partial charge in [-0.15, -0.1) is 0 Å². The molecule has 2 heterocycles. The molecule has 1 saturated carbocycles. The molecule has 0 radical (unpaired) electrons. The fraction of sp³-hybridized carbons (Fsp3) is 0.318. The first-order valence-electron chi connectivity index (χ1n) is 9.61. The normalized spacial score (nSPS) is 21.3. The Kier molecular flexibility index (Phi) is 4.00. The van der Waals surface area contributed by atoms with Crippen LogP contribution in [0, 0.1) is 0 Å². The predicted octanol–water partition coefficient (Wildman–Crippen LogP) is 5.26. The van der Waals surface area contributed by atoms with Crippen molar-refractivity contribution in [1.82, 2.24) is 4.90 Å². The summed E-state index contributed by atoms with van der Waals surface area (Å²) in [4.78, 5) is 14.7. The third kappa shape index (κ3) is 3.25. The van der Waals surface area contributed by atoms with Gasteiger partial charge >= 0.3 is 6.03 Å². The van der Waals surface area contributed by atoms with E-state index in [1.165, 1.54) is 18.4 Å². The number of hydrogen-bond acceptors (Lipinski definition) is 3. The standard InChI is InChI=1S/C22H22N4O/c27-22(23-18-8-4-7-17(13-18)15-9-10-15)26-12-11-20-19(14-26)21(25-24-20)16-5-2-1-3-6-16/h1-8,13,15,21H,9-12,14H2,(H,23,27). The molecule has 0 aromatic heterocycles. The summed E-state index contributed by atoms with van der Waals surface area (Å²) in [7, 11) is 0. The summed E-state index contributed by atoms with van der Waals surface area (Å²) in [5, 5.41) is 11.9. The summed E-state index contributed by atoms with van der Waals surface area (Å²) in [6, 6.07) is 18.3. The Morgan fingerprint density at radius 1 is 1.04 bits per heavy atom. The number of benzene rings is 2. The molecule has 1 atom stereocenters. The number of hydrogen-bond donors (Lipinski definition) is 1. The van der Waals surface area contributed by atoms with Gasteiger partial charge in [-0.3, -0.25) is 0 Å². The van der Waals surface area contributed by atoms with Gasteiger partial charge in [-0.2, -0.15) is 10.2 Å². The molecule has 0 saturated heterocycles. The molecule has 5 heteroatoms. The first kappa shape index (κ1) is 16.2. The van der Waals surface area contributed by atoms with E-state index in [0.29, 0.717) is 19.0 Å². The van der Waals surface area contributed by atoms with Crippen LogP contribution in [0.3, 0.4) is 0 Å². The van der Waals surface area contributed by atoms with Crippen LogP contribution < -0.4 is 5.32 Å². The second kappa shape index (κ2) is 6.65. The zero-order valence-electron chi connectivity index (χ0n) is 15.1. The smallest absolute Gasteiger partial charge is 0.320 e. The number of carbonyl (C=O) groups is 1. The minimum atomic E-state index is -0.0602. The summed E-state index contributed by atoms with van der Waals surface area (Å²) < 4.78 is 0. The van der Waals surface area contributed by atoms with E-state index < -0.39 is 0 Å². The van der Waals surface area contributed by atoms with Gasteiger partial charge in [0, 0.05) is 30.8 Å². The highest BCUT2D eigenvalue weighted by Gasteiger charge is 2.32. The molecule has 5 rings (SSSR count). The topological polar surface area (TPSA) is 57.1 Å². The number of urea groups is 1. The second-order valence-electron chi connectivity index (χ2n) is 7.50. The van der Waals surface area contributed by atoms with E-state index in [1.807, 2.05) is 35.2 Å². The van der Waals surface area contributed by atoms with E-state index in [0.717, 1.165) is 28.9 Å². The molecule has 2 aliphatic heterocycles. The van der Waals surface area contributed by atoms with Crippen LogP contribution in [-0.2, 0) is 0 Å². The minimum absolute atomic E-state index is 0.0480. The lowest BCUT2D eigenvalue weighted by atomic mass is 9.95. The summed E-state index contributed by atoms with van der Waals surface area (Å²) in [6.07, 6.45) is 3.28. The Balaban J connectivity index is 1.30. The SMILES string of the molecule is O=C(Nc1cccc(C2CC2)c1)N1CCC2=C(C1)C(c1ccccc1)N=N2. The van der Waals surface area contributed by atoms with Crippen molar-refractivity contribution in [2.75, 3.05) is 18.4 Å². The lowest BCUT2D eigenvalue weighted by Crippen LogP contribution is -2.40. The summed E-state index contributed by atoms with van der Waals surface area (Å²) >= 11 is 0. The summed E-state index contributed by atoms with van der Waals surface area (Å²) in [5.41, 5.74) is 5.53. The lowest BCUT2D eigenvalue weighted by Gasteiger charge is -2.29. The molecule has 0 spiro atoms. The zero-order chi connectivity index (χ0) is 18.2. The van der Waals surface area contributed by atoms with Gasteiger partial charge in [0.15, 0.2) is 0 Å². The number of nitrogens with zero attached hydrogens (tertiary/aromatic N) is 3. The Bertz CT molecular complexity index is 930. The third-order valence-electron chi connectivity index (χ3n) is 5.56. The van der Waals surface area contributed by atoms with Gasteiger partial charge < -0.3 is 10.2 Å². The van der Waals surface area contributed by atoms with E-state index in [4.69, 9.17) is 0 Å². The van der Waals surface area contributed by atoms with Gasteiger partial charge in [0.05, 0.1) is 5.70 Å². The second-order valence-corrected chi connectivity index (χ2v) is 7.50. The minimum Gasteiger partial charge on any atom is -0.320 e. The molecule has 27 heavy (non-hydrogen) atoms. The zero-order valence-corrected chi connectivity index (χ0v) is 15.1. The van der Waals surface area contributed by atoms with Crippen LogP contribution in [0.1, 0.15) is 42.3 Å². The van der Waals surface area contributed by atoms with E-state index in [9.17, 15) is 4.79 Å². The number of azo groups is 1. The monoisotopic (exact) mass is 358 g/mol. The number of rotatable bonds is 3. The van der Waals surface area contributed by atoms with Gasteiger partial charge in [-0.1, -0.05) is 42.5 Å². The Hall–Kier alpha value is -2.95. The average Bonchev–Trinajstić information content (AvgIpc) is 3.48. The predicted molar refractivity (Wildman–Crippen MR) is 105 cm³/mol. The first-order valence-corrected chi connectivity index (χ1v) is 9.61. The van der Waals surface area contributed by atoms with Crippen LogP contribution in [-0.4, -0.2) is 24.0 Å². The molecule has 1 N–H and O–H groups in total. The highest BCUT2D eigenvalue weighted by atomic mass is 16.2. The summed E-state index contributed by atoms with van der Waals surface area (Å²) in [6.45, 7) is 1.25. The lowest BCUT2D eigenvalue weighted by molar-refractivity contribution is 0.213. The third-order valence-corrected chi connectivity index (χ3v) is 5.56. The first-order chi connectivity index (χ1) is 13.3. The molecule has 136 valence electrons. The molecule has 1 fully saturated rings. The van der Waals surface area contributed by atoms with Crippen molar-refractivity contribution in [2.45, 2.75) is 31.2 Å². The van der Waals surface area contributed by atoms with Gasteiger partial charge in [0.2, 0.25) is 0 Å². The maximum absolute atomic E-state index is 12.8. The Morgan fingerprint density at radius 3 is 2.67 bits per heavy atom. The van der Waals surface area contributed by atoms with Crippen molar-refractivity contribution < 1.29 is 4.79 Å². The molecule has 1 unspecified atom stereocenters. The van der Waals surface area contributed by atoms with E-state index in [1.54, 1.807) is 0 Å². The fourth-order valence-electron chi connectivity index (χ4n) is 3.90. The van der Waals surface area contributed by atoms with Crippen LogP contribution in [0.2, 0.25) is 0 Å². The van der Waals surface area contributed by atoms with Gasteiger partial charge in [0.25, 0.3) is 0 Å². The maximum atomic E-state index is 12.8. The van der Waals surface area contributed by atoms with Crippen LogP contribution in [0.25, 0.3) is 0 Å². The molecule has 3 aliphatic rings. The van der Waals surface area contributed by atoms with Crippen LogP contribution >= 0.6 is 0 Å². The van der Waals surface area contributed by atoms with Crippen molar-refractivity contribution >= 4 is 11.7 Å². The van der Waals surface area contributed by atoms with Crippen molar-refractivity contribution in [2.24, 2.45) is 10.2 Å². The maximum Gasteiger partial charge on any atom is 0.322 e. The van der Waals surface area contributed by atoms with Crippen molar-refractivity contribution in [1.29, 1.82) is 0 Å². The molecule has 2 aromatic rings. The van der Waals surface area contributed by atoms with Gasteiger partial charge in [-0.25, -0.2) is 4.79 Å². The molecular weight excluding hydrogens is 336 g/mol. The quantitative estimate of drug-likeness (QED) is 0.799. The molecule has 2 aromatic carbocycles. The van der Waals surface area contributed by atoms with Crippen molar-refractivity contribution in [3.8, 4) is 0 Å². The number of nitrogens with one attached hydrogen (secondary N) is 1. The van der Waals surface area contributed by atoms with Crippen LogP contribution in [0.5, 0.6) is 0 Å². The molecule has 2 amide bonds. The molecular formula is C22H22N4O.